The lowest BCUT2D eigenvalue weighted by Gasteiger charge is -2.21. The van der Waals surface area contributed by atoms with Gasteiger partial charge in [0.05, 0.1) is 17.9 Å². The topological polar surface area (TPSA) is 61.2 Å². The highest BCUT2D eigenvalue weighted by Crippen LogP contribution is 2.00. The Kier molecular flexibility index (Phi) is 4.67. The van der Waals surface area contributed by atoms with E-state index in [0.717, 1.165) is 5.69 Å². The summed E-state index contributed by atoms with van der Waals surface area (Å²) in [7, 11) is 5.11. The Hall–Kier alpha value is -0.980. The van der Waals surface area contributed by atoms with Crippen molar-refractivity contribution in [2.24, 2.45) is 7.05 Å². The van der Waals surface area contributed by atoms with E-state index in [1.165, 1.54) is 0 Å². The second-order valence-corrected chi connectivity index (χ2v) is 3.36. The maximum atomic E-state index is 5.14. The molecule has 0 fully saturated rings. The summed E-state index contributed by atoms with van der Waals surface area (Å²) in [6, 6.07) is 0.106. The molecule has 0 amide bonds. The number of aromatic nitrogens is 3. The van der Waals surface area contributed by atoms with Crippen LogP contribution >= 0.6 is 0 Å². The molecule has 86 valence electrons. The van der Waals surface area contributed by atoms with E-state index >= 15 is 0 Å². The summed E-state index contributed by atoms with van der Waals surface area (Å²) in [5, 5.41) is 10.9. The molecule has 0 aliphatic heterocycles. The molecule has 15 heavy (non-hydrogen) atoms. The van der Waals surface area contributed by atoms with Gasteiger partial charge in [0.2, 0.25) is 0 Å². The number of methoxy groups -OCH3 is 2. The van der Waals surface area contributed by atoms with Gasteiger partial charge >= 0.3 is 0 Å². The summed E-state index contributed by atoms with van der Waals surface area (Å²) >= 11 is 0. The van der Waals surface area contributed by atoms with E-state index in [1.807, 2.05) is 14.0 Å². The number of ether oxygens (including phenoxy) is 2. The van der Waals surface area contributed by atoms with Gasteiger partial charge in [-0.3, -0.25) is 4.68 Å². The van der Waals surface area contributed by atoms with Crippen LogP contribution in [0.15, 0.2) is 6.20 Å². The molecule has 0 aliphatic rings. The summed E-state index contributed by atoms with van der Waals surface area (Å²) in [5.41, 5.74) is 1.02. The molecule has 0 saturated carbocycles. The van der Waals surface area contributed by atoms with Crippen LogP contribution in [-0.2, 0) is 23.1 Å². The molecule has 6 nitrogen and oxygen atoms in total. The highest BCUT2D eigenvalue weighted by atomic mass is 16.7. The third-order valence-electron chi connectivity index (χ3n) is 2.29. The SMILES string of the molecule is COC(OC)C(C)NCc1cnnn1C. The van der Waals surface area contributed by atoms with Gasteiger partial charge in [-0.15, -0.1) is 5.10 Å². The number of hydrogen-bond donors (Lipinski definition) is 1. The first-order chi connectivity index (χ1) is 7.19. The molecule has 0 bridgehead atoms. The van der Waals surface area contributed by atoms with E-state index in [1.54, 1.807) is 25.1 Å². The maximum absolute atomic E-state index is 5.14. The second kappa shape index (κ2) is 5.79. The van der Waals surface area contributed by atoms with Crippen molar-refractivity contribution in [3.05, 3.63) is 11.9 Å². The van der Waals surface area contributed by atoms with Crippen LogP contribution in [0.4, 0.5) is 0 Å². The van der Waals surface area contributed by atoms with Gasteiger partial charge in [-0.1, -0.05) is 5.21 Å². The molecule has 1 rings (SSSR count). The van der Waals surface area contributed by atoms with E-state index in [-0.39, 0.29) is 12.3 Å². The predicted octanol–water partition coefficient (Wildman–Crippen LogP) is -0.0879. The maximum Gasteiger partial charge on any atom is 0.171 e. The van der Waals surface area contributed by atoms with Crippen LogP contribution in [0, 0.1) is 0 Å². The van der Waals surface area contributed by atoms with Gasteiger partial charge in [0.25, 0.3) is 0 Å². The van der Waals surface area contributed by atoms with Crippen LogP contribution in [-0.4, -0.2) is 41.5 Å². The summed E-state index contributed by atoms with van der Waals surface area (Å²) in [6.45, 7) is 2.69. The van der Waals surface area contributed by atoms with Crippen LogP contribution in [0.1, 0.15) is 12.6 Å². The molecule has 1 aromatic rings. The molecule has 1 heterocycles. The lowest BCUT2D eigenvalue weighted by atomic mass is 10.3. The fourth-order valence-electron chi connectivity index (χ4n) is 1.34. The highest BCUT2D eigenvalue weighted by molar-refractivity contribution is 4.92. The molecule has 0 spiro atoms. The average Bonchev–Trinajstić information content (AvgIpc) is 2.63. The van der Waals surface area contributed by atoms with Crippen LogP contribution in [0.5, 0.6) is 0 Å². The van der Waals surface area contributed by atoms with E-state index in [0.29, 0.717) is 6.54 Å². The Bertz CT molecular complexity index is 285. The molecule has 0 aromatic carbocycles. The standard InChI is InChI=1S/C9H18N4O2/c1-7(9(14-3)15-4)10-5-8-6-11-12-13(8)2/h6-7,9-10H,5H2,1-4H3. The fraction of sp³-hybridized carbons (Fsp3) is 0.778. The van der Waals surface area contributed by atoms with E-state index < -0.39 is 0 Å². The monoisotopic (exact) mass is 214 g/mol. The molecule has 0 radical (unpaired) electrons. The molecule has 6 heteroatoms. The zero-order valence-electron chi connectivity index (χ0n) is 9.60. The largest absolute Gasteiger partial charge is 0.354 e. The minimum Gasteiger partial charge on any atom is -0.354 e. The zero-order valence-corrected chi connectivity index (χ0v) is 9.60. The summed E-state index contributed by atoms with van der Waals surface area (Å²) < 4.78 is 12.0. The summed E-state index contributed by atoms with van der Waals surface area (Å²) in [5.74, 6) is 0. The second-order valence-electron chi connectivity index (χ2n) is 3.36. The minimum atomic E-state index is -0.244. The van der Waals surface area contributed by atoms with Crippen molar-refractivity contribution in [3.8, 4) is 0 Å². The number of hydrogen-bond acceptors (Lipinski definition) is 5. The van der Waals surface area contributed by atoms with Gasteiger partial charge in [-0.25, -0.2) is 0 Å². The average molecular weight is 214 g/mol. The summed E-state index contributed by atoms with van der Waals surface area (Å²) in [4.78, 5) is 0. The number of aryl methyl sites for hydroxylation is 1. The molecular weight excluding hydrogens is 196 g/mol. The van der Waals surface area contributed by atoms with E-state index in [2.05, 4.69) is 15.6 Å². The molecule has 0 aliphatic carbocycles. The van der Waals surface area contributed by atoms with Crippen molar-refractivity contribution in [3.63, 3.8) is 0 Å². The third-order valence-corrected chi connectivity index (χ3v) is 2.29. The lowest BCUT2D eigenvalue weighted by Crippen LogP contribution is -2.39. The quantitative estimate of drug-likeness (QED) is 0.671. The van der Waals surface area contributed by atoms with Crippen LogP contribution < -0.4 is 5.32 Å². The first kappa shape index (κ1) is 12.1. The van der Waals surface area contributed by atoms with Crippen molar-refractivity contribution in [1.82, 2.24) is 20.3 Å². The Morgan fingerprint density at radius 3 is 2.60 bits per heavy atom. The number of rotatable bonds is 6. The zero-order chi connectivity index (χ0) is 11.3. The molecule has 1 unspecified atom stereocenters. The van der Waals surface area contributed by atoms with Crippen LogP contribution in [0.3, 0.4) is 0 Å². The van der Waals surface area contributed by atoms with Crippen molar-refractivity contribution >= 4 is 0 Å². The lowest BCUT2D eigenvalue weighted by molar-refractivity contribution is -0.119. The normalized spacial score (nSPS) is 13.4. The molecular formula is C9H18N4O2. The smallest absolute Gasteiger partial charge is 0.171 e. The fourth-order valence-corrected chi connectivity index (χ4v) is 1.34. The number of nitrogens with zero attached hydrogens (tertiary/aromatic N) is 3. The predicted molar refractivity (Wildman–Crippen MR) is 55.1 cm³/mol. The van der Waals surface area contributed by atoms with Gasteiger partial charge < -0.3 is 14.8 Å². The third kappa shape index (κ3) is 3.26. The summed E-state index contributed by atoms with van der Waals surface area (Å²) in [6.07, 6.45) is 1.49. The van der Waals surface area contributed by atoms with Crippen molar-refractivity contribution in [2.45, 2.75) is 25.8 Å². The Balaban J connectivity index is 2.40. The Labute approximate surface area is 89.6 Å². The van der Waals surface area contributed by atoms with Crippen molar-refractivity contribution < 1.29 is 9.47 Å². The van der Waals surface area contributed by atoms with Crippen molar-refractivity contribution in [1.29, 1.82) is 0 Å². The first-order valence-corrected chi connectivity index (χ1v) is 4.81. The van der Waals surface area contributed by atoms with Gasteiger partial charge in [0.15, 0.2) is 6.29 Å². The van der Waals surface area contributed by atoms with E-state index in [4.69, 9.17) is 9.47 Å². The Morgan fingerprint density at radius 2 is 2.13 bits per heavy atom. The van der Waals surface area contributed by atoms with Gasteiger partial charge in [0, 0.05) is 27.8 Å². The van der Waals surface area contributed by atoms with Crippen LogP contribution in [0.25, 0.3) is 0 Å². The number of nitrogens with one attached hydrogen (secondary N) is 1. The highest BCUT2D eigenvalue weighted by Gasteiger charge is 2.15. The molecule has 1 atom stereocenters. The van der Waals surface area contributed by atoms with Gasteiger partial charge in [0.1, 0.15) is 0 Å². The van der Waals surface area contributed by atoms with Crippen molar-refractivity contribution in [2.75, 3.05) is 14.2 Å². The minimum absolute atomic E-state index is 0.106. The van der Waals surface area contributed by atoms with E-state index in [9.17, 15) is 0 Å². The molecule has 0 saturated heterocycles. The Morgan fingerprint density at radius 1 is 1.47 bits per heavy atom. The van der Waals surface area contributed by atoms with Crippen LogP contribution in [0.2, 0.25) is 0 Å². The van der Waals surface area contributed by atoms with Gasteiger partial charge in [-0.2, -0.15) is 0 Å². The van der Waals surface area contributed by atoms with Gasteiger partial charge in [-0.05, 0) is 6.92 Å². The molecule has 1 aromatic heterocycles. The molecule has 1 N–H and O–H groups in total. The first-order valence-electron chi connectivity index (χ1n) is 4.81.